The molecule has 1 aromatic rings. The molecular weight excluding hydrogens is 272 g/mol. The van der Waals surface area contributed by atoms with E-state index >= 15 is 0 Å². The first-order valence-corrected chi connectivity index (χ1v) is 7.85. The van der Waals surface area contributed by atoms with Crippen molar-refractivity contribution in [2.24, 2.45) is 0 Å². The van der Waals surface area contributed by atoms with Gasteiger partial charge in [0.2, 0.25) is 5.91 Å². The molecule has 0 aliphatic carbocycles. The van der Waals surface area contributed by atoms with Gasteiger partial charge in [-0.1, -0.05) is 30.7 Å². The first-order valence-electron chi connectivity index (χ1n) is 7.47. The number of amides is 1. The van der Waals surface area contributed by atoms with E-state index in [0.29, 0.717) is 0 Å². The molecule has 110 valence electrons. The molecule has 0 saturated carbocycles. The van der Waals surface area contributed by atoms with Crippen LogP contribution in [0.5, 0.6) is 0 Å². The van der Waals surface area contributed by atoms with Crippen LogP contribution in [0.4, 0.5) is 0 Å². The molecule has 3 nitrogen and oxygen atoms in total. The lowest BCUT2D eigenvalue weighted by molar-refractivity contribution is -0.135. The Labute approximate surface area is 126 Å². The second kappa shape index (κ2) is 7.65. The SMILES string of the molecule is CCCNC1CCCN(CCc2ccc(Cl)cc2)C1=O. The van der Waals surface area contributed by atoms with Gasteiger partial charge in [0.05, 0.1) is 6.04 Å². The molecule has 4 heteroatoms. The summed E-state index contributed by atoms with van der Waals surface area (Å²) in [7, 11) is 0. The Balaban J connectivity index is 1.85. The van der Waals surface area contributed by atoms with Gasteiger partial charge in [-0.3, -0.25) is 4.79 Å². The van der Waals surface area contributed by atoms with Crippen molar-refractivity contribution < 1.29 is 4.79 Å². The topological polar surface area (TPSA) is 32.3 Å². The lowest BCUT2D eigenvalue weighted by atomic mass is 10.0. The van der Waals surface area contributed by atoms with E-state index in [0.717, 1.165) is 50.3 Å². The average Bonchev–Trinajstić information content (AvgIpc) is 2.47. The number of halogens is 1. The summed E-state index contributed by atoms with van der Waals surface area (Å²) in [6.45, 7) is 4.72. The average molecular weight is 295 g/mol. The van der Waals surface area contributed by atoms with Crippen molar-refractivity contribution in [1.29, 1.82) is 0 Å². The van der Waals surface area contributed by atoms with Crippen LogP contribution in [0.1, 0.15) is 31.7 Å². The molecule has 20 heavy (non-hydrogen) atoms. The van der Waals surface area contributed by atoms with Gasteiger partial charge in [0.25, 0.3) is 0 Å². The number of hydrogen-bond acceptors (Lipinski definition) is 2. The minimum atomic E-state index is 0.0221. The van der Waals surface area contributed by atoms with E-state index in [4.69, 9.17) is 11.6 Å². The summed E-state index contributed by atoms with van der Waals surface area (Å²) in [4.78, 5) is 14.3. The van der Waals surface area contributed by atoms with Gasteiger partial charge in [-0.15, -0.1) is 0 Å². The molecule has 1 heterocycles. The fourth-order valence-corrected chi connectivity index (χ4v) is 2.71. The van der Waals surface area contributed by atoms with Gasteiger partial charge in [0.1, 0.15) is 0 Å². The lowest BCUT2D eigenvalue weighted by Gasteiger charge is -2.32. The molecule has 2 rings (SSSR count). The minimum absolute atomic E-state index is 0.0221. The summed E-state index contributed by atoms with van der Waals surface area (Å²) < 4.78 is 0. The number of piperidine rings is 1. The Morgan fingerprint density at radius 3 is 2.80 bits per heavy atom. The Kier molecular flexibility index (Phi) is 5.86. The normalized spacial score (nSPS) is 19.4. The molecule has 0 radical (unpaired) electrons. The van der Waals surface area contributed by atoms with E-state index in [2.05, 4.69) is 12.2 Å². The number of rotatable bonds is 6. The highest BCUT2D eigenvalue weighted by molar-refractivity contribution is 6.30. The number of hydrogen-bond donors (Lipinski definition) is 1. The summed E-state index contributed by atoms with van der Waals surface area (Å²) in [5.41, 5.74) is 1.23. The zero-order valence-electron chi connectivity index (χ0n) is 12.1. The molecule has 1 aromatic carbocycles. The molecule has 0 spiro atoms. The summed E-state index contributed by atoms with van der Waals surface area (Å²) in [5, 5.41) is 4.10. The quantitative estimate of drug-likeness (QED) is 0.875. The molecule has 1 atom stereocenters. The van der Waals surface area contributed by atoms with E-state index in [9.17, 15) is 4.79 Å². The number of carbonyl (C=O) groups is 1. The van der Waals surface area contributed by atoms with Crippen molar-refractivity contribution in [2.45, 2.75) is 38.6 Å². The Morgan fingerprint density at radius 1 is 1.35 bits per heavy atom. The van der Waals surface area contributed by atoms with Crippen molar-refractivity contribution in [1.82, 2.24) is 10.2 Å². The third-order valence-electron chi connectivity index (χ3n) is 3.75. The van der Waals surface area contributed by atoms with Crippen LogP contribution in [0.15, 0.2) is 24.3 Å². The van der Waals surface area contributed by atoms with Gasteiger partial charge >= 0.3 is 0 Å². The smallest absolute Gasteiger partial charge is 0.239 e. The third-order valence-corrected chi connectivity index (χ3v) is 4.01. The van der Waals surface area contributed by atoms with Crippen LogP contribution in [-0.2, 0) is 11.2 Å². The van der Waals surface area contributed by atoms with Gasteiger partial charge in [-0.25, -0.2) is 0 Å². The van der Waals surface area contributed by atoms with Crippen molar-refractivity contribution in [3.05, 3.63) is 34.9 Å². The van der Waals surface area contributed by atoms with E-state index in [1.54, 1.807) is 0 Å². The Hall–Kier alpha value is -1.06. The monoisotopic (exact) mass is 294 g/mol. The van der Waals surface area contributed by atoms with Gasteiger partial charge < -0.3 is 10.2 Å². The fraction of sp³-hybridized carbons (Fsp3) is 0.562. The predicted molar refractivity (Wildman–Crippen MR) is 83.1 cm³/mol. The molecular formula is C16H23ClN2O. The first-order chi connectivity index (χ1) is 9.70. The zero-order valence-corrected chi connectivity index (χ0v) is 12.8. The van der Waals surface area contributed by atoms with Crippen LogP contribution >= 0.6 is 11.6 Å². The van der Waals surface area contributed by atoms with E-state index in [-0.39, 0.29) is 11.9 Å². The highest BCUT2D eigenvalue weighted by Gasteiger charge is 2.27. The number of carbonyl (C=O) groups excluding carboxylic acids is 1. The van der Waals surface area contributed by atoms with Crippen LogP contribution in [0.2, 0.25) is 5.02 Å². The fourth-order valence-electron chi connectivity index (χ4n) is 2.59. The van der Waals surface area contributed by atoms with Crippen LogP contribution in [0.25, 0.3) is 0 Å². The number of likely N-dealkylation sites (tertiary alicyclic amines) is 1. The highest BCUT2D eigenvalue weighted by atomic mass is 35.5. The minimum Gasteiger partial charge on any atom is -0.341 e. The Bertz CT molecular complexity index is 433. The predicted octanol–water partition coefficient (Wildman–Crippen LogP) is 2.87. The van der Waals surface area contributed by atoms with Gasteiger partial charge in [0.15, 0.2) is 0 Å². The molecule has 1 unspecified atom stereocenters. The second-order valence-electron chi connectivity index (χ2n) is 5.35. The van der Waals surface area contributed by atoms with Crippen molar-refractivity contribution in [3.63, 3.8) is 0 Å². The second-order valence-corrected chi connectivity index (χ2v) is 5.79. The summed E-state index contributed by atoms with van der Waals surface area (Å²) in [6, 6.07) is 7.89. The molecule has 1 aliphatic rings. The summed E-state index contributed by atoms with van der Waals surface area (Å²) >= 11 is 5.88. The zero-order chi connectivity index (χ0) is 14.4. The van der Waals surface area contributed by atoms with Crippen LogP contribution in [0, 0.1) is 0 Å². The van der Waals surface area contributed by atoms with E-state index in [1.807, 2.05) is 29.2 Å². The van der Waals surface area contributed by atoms with Gasteiger partial charge in [-0.05, 0) is 49.9 Å². The number of nitrogens with zero attached hydrogens (tertiary/aromatic N) is 1. The highest BCUT2D eigenvalue weighted by Crippen LogP contribution is 2.14. The van der Waals surface area contributed by atoms with E-state index < -0.39 is 0 Å². The maximum absolute atomic E-state index is 12.3. The maximum Gasteiger partial charge on any atom is 0.239 e. The standard InChI is InChI=1S/C16H23ClN2O/c1-2-10-18-15-4-3-11-19(16(15)20)12-9-13-5-7-14(17)8-6-13/h5-8,15,18H,2-4,9-12H2,1H3. The van der Waals surface area contributed by atoms with Crippen LogP contribution in [-0.4, -0.2) is 36.5 Å². The molecule has 1 saturated heterocycles. The van der Waals surface area contributed by atoms with Crippen LogP contribution < -0.4 is 5.32 Å². The first kappa shape index (κ1) is 15.3. The summed E-state index contributed by atoms with van der Waals surface area (Å²) in [6.07, 6.45) is 4.02. The molecule has 1 N–H and O–H groups in total. The Morgan fingerprint density at radius 2 is 2.10 bits per heavy atom. The number of nitrogens with one attached hydrogen (secondary N) is 1. The lowest BCUT2D eigenvalue weighted by Crippen LogP contribution is -2.51. The van der Waals surface area contributed by atoms with Crippen molar-refractivity contribution >= 4 is 17.5 Å². The van der Waals surface area contributed by atoms with Crippen LogP contribution in [0.3, 0.4) is 0 Å². The molecule has 0 bridgehead atoms. The van der Waals surface area contributed by atoms with Crippen molar-refractivity contribution in [2.75, 3.05) is 19.6 Å². The maximum atomic E-state index is 12.3. The largest absolute Gasteiger partial charge is 0.341 e. The van der Waals surface area contributed by atoms with Crippen molar-refractivity contribution in [3.8, 4) is 0 Å². The molecule has 0 aromatic heterocycles. The van der Waals surface area contributed by atoms with Gasteiger partial charge in [-0.2, -0.15) is 0 Å². The molecule has 1 amide bonds. The summed E-state index contributed by atoms with van der Waals surface area (Å²) in [5.74, 6) is 0.263. The number of benzene rings is 1. The van der Waals surface area contributed by atoms with Gasteiger partial charge in [0, 0.05) is 18.1 Å². The molecule has 1 fully saturated rings. The van der Waals surface area contributed by atoms with E-state index in [1.165, 1.54) is 5.56 Å². The molecule has 1 aliphatic heterocycles. The third kappa shape index (κ3) is 4.22.